The monoisotopic (exact) mass is 445 g/mol. The van der Waals surface area contributed by atoms with Gasteiger partial charge in [0.25, 0.3) is 0 Å². The lowest BCUT2D eigenvalue weighted by Gasteiger charge is -2.36. The minimum Gasteiger partial charge on any atom is -0.433 e. The summed E-state index contributed by atoms with van der Waals surface area (Å²) in [6.45, 7) is 0.974. The quantitative estimate of drug-likeness (QED) is 0.645. The average molecular weight is 446 g/mol. The van der Waals surface area contributed by atoms with Crippen LogP contribution in [-0.2, 0) is 6.54 Å². The van der Waals surface area contributed by atoms with Gasteiger partial charge >= 0.3 is 6.61 Å². The average Bonchev–Trinajstić information content (AvgIpc) is 2.66. The zero-order valence-electron chi connectivity index (χ0n) is 14.9. The predicted octanol–water partition coefficient (Wildman–Crippen LogP) is 5.11. The Kier molecular flexibility index (Phi) is 7.29. The highest BCUT2D eigenvalue weighted by molar-refractivity contribution is 7.80. The van der Waals surface area contributed by atoms with Crippen molar-refractivity contribution in [3.05, 3.63) is 58.1 Å². The van der Waals surface area contributed by atoms with Crippen LogP contribution in [0.5, 0.6) is 5.75 Å². The fourth-order valence-corrected chi connectivity index (χ4v) is 3.58. The summed E-state index contributed by atoms with van der Waals surface area (Å²) in [5.74, 6) is 0.0677. The molecule has 0 atom stereocenters. The number of nitrogens with zero attached hydrogens (tertiary/aromatic N) is 2. The van der Waals surface area contributed by atoms with Crippen LogP contribution in [0.3, 0.4) is 0 Å². The fourth-order valence-electron chi connectivity index (χ4n) is 2.97. The molecule has 4 nitrogen and oxygen atoms in total. The van der Waals surface area contributed by atoms with Gasteiger partial charge in [0, 0.05) is 32.7 Å². The molecule has 0 radical (unpaired) electrons. The van der Waals surface area contributed by atoms with Crippen LogP contribution in [0.2, 0.25) is 10.0 Å². The van der Waals surface area contributed by atoms with Gasteiger partial charge in [0.15, 0.2) is 5.11 Å². The van der Waals surface area contributed by atoms with Crippen molar-refractivity contribution < 1.29 is 13.5 Å². The van der Waals surface area contributed by atoms with Gasteiger partial charge < -0.3 is 15.0 Å². The second-order valence-corrected chi connectivity index (χ2v) is 7.52. The Morgan fingerprint density at radius 3 is 2.46 bits per heavy atom. The third kappa shape index (κ3) is 5.67. The standard InChI is InChI=1S/C19H19Cl2F2N3OS/c20-14-6-5-13(11-15(14)21)12-25-7-9-26(10-8-25)19(28)24-16-3-1-2-4-17(16)27-18(22)23/h1-6,11,18H,7-10,12H2,(H,24,28). The zero-order valence-corrected chi connectivity index (χ0v) is 17.2. The number of piperazine rings is 1. The Morgan fingerprint density at radius 2 is 1.79 bits per heavy atom. The summed E-state index contributed by atoms with van der Waals surface area (Å²) in [6, 6.07) is 12.1. The molecule has 0 saturated carbocycles. The van der Waals surface area contributed by atoms with Crippen molar-refractivity contribution in [1.82, 2.24) is 9.80 Å². The molecule has 2 aromatic rings. The van der Waals surface area contributed by atoms with Crippen molar-refractivity contribution in [2.24, 2.45) is 0 Å². The summed E-state index contributed by atoms with van der Waals surface area (Å²) in [6.07, 6.45) is 0. The van der Waals surface area contributed by atoms with Crippen LogP contribution >= 0.6 is 35.4 Å². The maximum atomic E-state index is 12.5. The number of nitrogens with one attached hydrogen (secondary N) is 1. The van der Waals surface area contributed by atoms with Crippen molar-refractivity contribution in [3.63, 3.8) is 0 Å². The van der Waals surface area contributed by atoms with Gasteiger partial charge in [-0.05, 0) is 42.0 Å². The molecule has 1 fully saturated rings. The molecule has 3 rings (SSSR count). The van der Waals surface area contributed by atoms with E-state index in [0.717, 1.165) is 38.3 Å². The highest BCUT2D eigenvalue weighted by Crippen LogP contribution is 2.26. The molecule has 1 aliphatic rings. The maximum Gasteiger partial charge on any atom is 0.387 e. The smallest absolute Gasteiger partial charge is 0.387 e. The first-order valence-corrected chi connectivity index (χ1v) is 9.85. The molecule has 2 aromatic carbocycles. The van der Waals surface area contributed by atoms with Gasteiger partial charge in [-0.1, -0.05) is 41.4 Å². The molecule has 1 heterocycles. The molecule has 1 aliphatic heterocycles. The summed E-state index contributed by atoms with van der Waals surface area (Å²) in [7, 11) is 0. The van der Waals surface area contributed by atoms with E-state index >= 15 is 0 Å². The van der Waals surface area contributed by atoms with Gasteiger partial charge in [-0.25, -0.2) is 0 Å². The zero-order chi connectivity index (χ0) is 20.1. The van der Waals surface area contributed by atoms with E-state index in [1.807, 2.05) is 17.0 Å². The topological polar surface area (TPSA) is 27.7 Å². The van der Waals surface area contributed by atoms with Crippen LogP contribution in [0.25, 0.3) is 0 Å². The second-order valence-electron chi connectivity index (χ2n) is 6.32. The van der Waals surface area contributed by atoms with Crippen molar-refractivity contribution >= 4 is 46.2 Å². The van der Waals surface area contributed by atoms with Gasteiger partial charge in [-0.2, -0.15) is 8.78 Å². The first kappa shape index (κ1) is 21.0. The summed E-state index contributed by atoms with van der Waals surface area (Å²) >= 11 is 17.5. The van der Waals surface area contributed by atoms with Gasteiger partial charge in [0.05, 0.1) is 15.7 Å². The lowest BCUT2D eigenvalue weighted by atomic mass is 10.2. The molecule has 150 valence electrons. The van der Waals surface area contributed by atoms with E-state index in [-0.39, 0.29) is 5.75 Å². The molecule has 0 bridgehead atoms. The molecule has 0 amide bonds. The third-order valence-corrected chi connectivity index (χ3v) is 5.49. The van der Waals surface area contributed by atoms with Crippen LogP contribution < -0.4 is 10.1 Å². The molecular formula is C19H19Cl2F2N3OS. The fraction of sp³-hybridized carbons (Fsp3) is 0.316. The second kappa shape index (κ2) is 9.69. The Labute approximate surface area is 178 Å². The molecule has 28 heavy (non-hydrogen) atoms. The van der Waals surface area contributed by atoms with E-state index in [1.54, 1.807) is 24.3 Å². The van der Waals surface area contributed by atoms with E-state index < -0.39 is 6.61 Å². The lowest BCUT2D eigenvalue weighted by molar-refractivity contribution is -0.0493. The number of halogens is 4. The van der Waals surface area contributed by atoms with Crippen LogP contribution in [-0.4, -0.2) is 47.7 Å². The highest BCUT2D eigenvalue weighted by atomic mass is 35.5. The Bertz CT molecular complexity index is 833. The van der Waals surface area contributed by atoms with Gasteiger partial charge in [-0.3, -0.25) is 4.90 Å². The molecule has 0 spiro atoms. The Balaban J connectivity index is 1.53. The van der Waals surface area contributed by atoms with E-state index in [2.05, 4.69) is 15.0 Å². The van der Waals surface area contributed by atoms with E-state index in [9.17, 15) is 8.78 Å². The number of ether oxygens (including phenoxy) is 1. The lowest BCUT2D eigenvalue weighted by Crippen LogP contribution is -2.49. The summed E-state index contributed by atoms with van der Waals surface area (Å²) in [4.78, 5) is 4.31. The first-order valence-electron chi connectivity index (χ1n) is 8.68. The van der Waals surface area contributed by atoms with Crippen molar-refractivity contribution in [1.29, 1.82) is 0 Å². The molecule has 0 aliphatic carbocycles. The predicted molar refractivity (Wildman–Crippen MR) is 113 cm³/mol. The molecular weight excluding hydrogens is 427 g/mol. The summed E-state index contributed by atoms with van der Waals surface area (Å²) in [5, 5.41) is 4.59. The number of benzene rings is 2. The Hall–Kier alpha value is -1.67. The summed E-state index contributed by atoms with van der Waals surface area (Å²) in [5.41, 5.74) is 1.52. The molecule has 9 heteroatoms. The third-order valence-electron chi connectivity index (χ3n) is 4.39. The van der Waals surface area contributed by atoms with Gasteiger partial charge in [0.2, 0.25) is 0 Å². The minimum absolute atomic E-state index is 0.0677. The number of rotatable bonds is 5. The van der Waals surface area contributed by atoms with Crippen molar-refractivity contribution in [2.75, 3.05) is 31.5 Å². The first-order chi connectivity index (χ1) is 13.4. The largest absolute Gasteiger partial charge is 0.433 e. The molecule has 0 unspecified atom stereocenters. The Morgan fingerprint density at radius 1 is 1.07 bits per heavy atom. The normalized spacial score (nSPS) is 15.0. The number of hydrogen-bond donors (Lipinski definition) is 1. The van der Waals surface area contributed by atoms with E-state index in [1.165, 1.54) is 6.07 Å². The van der Waals surface area contributed by atoms with E-state index in [4.69, 9.17) is 35.4 Å². The number of thiocarbonyl (C=S) groups is 1. The molecule has 0 aromatic heterocycles. The SMILES string of the molecule is FC(F)Oc1ccccc1NC(=S)N1CCN(Cc2ccc(Cl)c(Cl)c2)CC1. The summed E-state index contributed by atoms with van der Waals surface area (Å²) < 4.78 is 29.6. The number of anilines is 1. The number of alkyl halides is 2. The number of hydrogen-bond acceptors (Lipinski definition) is 3. The number of para-hydroxylation sites is 2. The van der Waals surface area contributed by atoms with Gasteiger partial charge in [0.1, 0.15) is 5.75 Å². The van der Waals surface area contributed by atoms with Crippen LogP contribution in [0.1, 0.15) is 5.56 Å². The highest BCUT2D eigenvalue weighted by Gasteiger charge is 2.20. The molecule has 1 N–H and O–H groups in total. The van der Waals surface area contributed by atoms with Crippen molar-refractivity contribution in [2.45, 2.75) is 13.2 Å². The van der Waals surface area contributed by atoms with Crippen molar-refractivity contribution in [3.8, 4) is 5.75 Å². The minimum atomic E-state index is -2.89. The van der Waals surface area contributed by atoms with Gasteiger partial charge in [-0.15, -0.1) is 0 Å². The van der Waals surface area contributed by atoms with Crippen LogP contribution in [0, 0.1) is 0 Å². The molecule has 1 saturated heterocycles. The van der Waals surface area contributed by atoms with E-state index in [0.29, 0.717) is 20.8 Å². The van der Waals surface area contributed by atoms with Crippen LogP contribution in [0.15, 0.2) is 42.5 Å². The maximum absolute atomic E-state index is 12.5. The van der Waals surface area contributed by atoms with Crippen LogP contribution in [0.4, 0.5) is 14.5 Å².